The van der Waals surface area contributed by atoms with E-state index in [0.717, 1.165) is 18.7 Å². The van der Waals surface area contributed by atoms with Crippen LogP contribution >= 0.6 is 0 Å². The van der Waals surface area contributed by atoms with E-state index >= 15 is 0 Å². The van der Waals surface area contributed by atoms with Crippen molar-refractivity contribution in [3.05, 3.63) is 41.7 Å². The van der Waals surface area contributed by atoms with Gasteiger partial charge in [-0.25, -0.2) is 9.97 Å². The average Bonchev–Trinajstić information content (AvgIpc) is 2.67. The predicted octanol–water partition coefficient (Wildman–Crippen LogP) is 2.27. The average molecular weight is 344 g/mol. The van der Waals surface area contributed by atoms with Gasteiger partial charge in [-0.2, -0.15) is 0 Å². The molecule has 0 spiro atoms. The molecule has 1 aromatic heterocycles. The van der Waals surface area contributed by atoms with Gasteiger partial charge in [0.15, 0.2) is 11.5 Å². The summed E-state index contributed by atoms with van der Waals surface area (Å²) in [6, 6.07) is 7.13. The van der Waals surface area contributed by atoms with E-state index in [4.69, 9.17) is 9.47 Å². The van der Waals surface area contributed by atoms with Gasteiger partial charge in [-0.1, -0.05) is 6.07 Å². The van der Waals surface area contributed by atoms with Gasteiger partial charge in [0.1, 0.15) is 5.69 Å². The van der Waals surface area contributed by atoms with Crippen molar-refractivity contribution in [1.29, 1.82) is 0 Å². The van der Waals surface area contributed by atoms with Crippen LogP contribution in [0, 0.1) is 0 Å². The maximum absolute atomic E-state index is 12.4. The molecule has 0 aliphatic heterocycles. The molecular formula is C18H24N4O3. The SMILES string of the molecule is CCN(CC)c1nccc(C(=O)NCc2ccc(OC)c(OC)c2)n1. The number of benzene rings is 1. The highest BCUT2D eigenvalue weighted by atomic mass is 16.5. The van der Waals surface area contributed by atoms with E-state index in [9.17, 15) is 4.79 Å². The van der Waals surface area contributed by atoms with Crippen LogP contribution in [0.25, 0.3) is 0 Å². The van der Waals surface area contributed by atoms with Crippen molar-refractivity contribution in [3.63, 3.8) is 0 Å². The number of nitrogens with one attached hydrogen (secondary N) is 1. The Labute approximate surface area is 148 Å². The van der Waals surface area contributed by atoms with Gasteiger partial charge in [0.25, 0.3) is 5.91 Å². The van der Waals surface area contributed by atoms with Crippen molar-refractivity contribution in [1.82, 2.24) is 15.3 Å². The molecule has 1 aromatic carbocycles. The molecule has 0 fully saturated rings. The van der Waals surface area contributed by atoms with Crippen LogP contribution in [0.1, 0.15) is 29.9 Å². The number of anilines is 1. The van der Waals surface area contributed by atoms with Gasteiger partial charge in [0, 0.05) is 25.8 Å². The normalized spacial score (nSPS) is 10.2. The molecule has 2 rings (SSSR count). The number of rotatable bonds is 8. The molecule has 0 radical (unpaired) electrons. The van der Waals surface area contributed by atoms with Crippen molar-refractivity contribution in [2.75, 3.05) is 32.2 Å². The monoisotopic (exact) mass is 344 g/mol. The molecule has 0 saturated heterocycles. The van der Waals surface area contributed by atoms with Crippen LogP contribution in [-0.4, -0.2) is 43.2 Å². The van der Waals surface area contributed by atoms with Gasteiger partial charge >= 0.3 is 0 Å². The van der Waals surface area contributed by atoms with Gasteiger partial charge < -0.3 is 19.7 Å². The van der Waals surface area contributed by atoms with Crippen molar-refractivity contribution in [2.24, 2.45) is 0 Å². The summed E-state index contributed by atoms with van der Waals surface area (Å²) in [6.07, 6.45) is 1.60. The molecule has 134 valence electrons. The molecule has 1 amide bonds. The molecule has 0 saturated carbocycles. The van der Waals surface area contributed by atoms with E-state index in [1.807, 2.05) is 36.9 Å². The number of methoxy groups -OCH3 is 2. The number of hydrogen-bond donors (Lipinski definition) is 1. The Kier molecular flexibility index (Phi) is 6.56. The lowest BCUT2D eigenvalue weighted by Gasteiger charge is -2.18. The van der Waals surface area contributed by atoms with Gasteiger partial charge in [-0.15, -0.1) is 0 Å². The molecule has 0 unspecified atom stereocenters. The van der Waals surface area contributed by atoms with Crippen LogP contribution in [0.5, 0.6) is 11.5 Å². The molecule has 25 heavy (non-hydrogen) atoms. The van der Waals surface area contributed by atoms with E-state index in [1.165, 1.54) is 0 Å². The van der Waals surface area contributed by atoms with E-state index in [0.29, 0.717) is 29.7 Å². The zero-order valence-electron chi connectivity index (χ0n) is 15.1. The third kappa shape index (κ3) is 4.59. The number of nitrogens with zero attached hydrogens (tertiary/aromatic N) is 3. The van der Waals surface area contributed by atoms with Gasteiger partial charge in [-0.3, -0.25) is 4.79 Å². The van der Waals surface area contributed by atoms with Crippen molar-refractivity contribution < 1.29 is 14.3 Å². The van der Waals surface area contributed by atoms with E-state index in [1.54, 1.807) is 26.5 Å². The molecule has 0 bridgehead atoms. The van der Waals surface area contributed by atoms with Gasteiger partial charge in [0.05, 0.1) is 14.2 Å². The number of carbonyl (C=O) groups excluding carboxylic acids is 1. The van der Waals surface area contributed by atoms with Crippen LogP contribution < -0.4 is 19.7 Å². The number of hydrogen-bond acceptors (Lipinski definition) is 6. The maximum Gasteiger partial charge on any atom is 0.270 e. The first-order valence-electron chi connectivity index (χ1n) is 8.20. The highest BCUT2D eigenvalue weighted by Crippen LogP contribution is 2.27. The van der Waals surface area contributed by atoms with E-state index in [2.05, 4.69) is 15.3 Å². The second-order valence-electron chi connectivity index (χ2n) is 5.29. The highest BCUT2D eigenvalue weighted by Gasteiger charge is 2.12. The summed E-state index contributed by atoms with van der Waals surface area (Å²) in [4.78, 5) is 22.9. The number of aromatic nitrogens is 2. The Hall–Kier alpha value is -2.83. The van der Waals surface area contributed by atoms with Crippen molar-refractivity contribution >= 4 is 11.9 Å². The minimum atomic E-state index is -0.245. The van der Waals surface area contributed by atoms with Crippen molar-refractivity contribution in [3.8, 4) is 11.5 Å². The number of ether oxygens (including phenoxy) is 2. The first-order chi connectivity index (χ1) is 12.1. The summed E-state index contributed by atoms with van der Waals surface area (Å²) in [7, 11) is 3.16. The van der Waals surface area contributed by atoms with Crippen LogP contribution in [-0.2, 0) is 6.54 Å². The third-order valence-corrected chi connectivity index (χ3v) is 3.82. The molecule has 0 aliphatic rings. The quantitative estimate of drug-likeness (QED) is 0.792. The summed E-state index contributed by atoms with van der Waals surface area (Å²) >= 11 is 0. The second kappa shape index (κ2) is 8.86. The molecular weight excluding hydrogens is 320 g/mol. The van der Waals surface area contributed by atoms with Crippen LogP contribution in [0.2, 0.25) is 0 Å². The zero-order chi connectivity index (χ0) is 18.2. The summed E-state index contributed by atoms with van der Waals surface area (Å²) in [5.41, 5.74) is 1.25. The fourth-order valence-corrected chi connectivity index (χ4v) is 2.40. The third-order valence-electron chi connectivity index (χ3n) is 3.82. The minimum absolute atomic E-state index is 0.245. The first kappa shape index (κ1) is 18.5. The highest BCUT2D eigenvalue weighted by molar-refractivity contribution is 5.92. The Balaban J connectivity index is 2.06. The lowest BCUT2D eigenvalue weighted by Crippen LogP contribution is -2.27. The Bertz CT molecular complexity index is 717. The molecule has 7 nitrogen and oxygen atoms in total. The van der Waals surface area contributed by atoms with Crippen LogP contribution in [0.3, 0.4) is 0 Å². The maximum atomic E-state index is 12.4. The molecule has 7 heteroatoms. The van der Waals surface area contributed by atoms with Gasteiger partial charge in [0.2, 0.25) is 5.95 Å². The van der Waals surface area contributed by atoms with Crippen LogP contribution in [0.4, 0.5) is 5.95 Å². The van der Waals surface area contributed by atoms with Gasteiger partial charge in [-0.05, 0) is 37.6 Å². The Morgan fingerprint density at radius 3 is 2.48 bits per heavy atom. The summed E-state index contributed by atoms with van der Waals surface area (Å²) in [6.45, 7) is 5.98. The van der Waals surface area contributed by atoms with E-state index < -0.39 is 0 Å². The fourth-order valence-electron chi connectivity index (χ4n) is 2.40. The number of carbonyl (C=O) groups is 1. The molecule has 1 heterocycles. The Morgan fingerprint density at radius 2 is 1.84 bits per heavy atom. The lowest BCUT2D eigenvalue weighted by atomic mass is 10.2. The largest absolute Gasteiger partial charge is 0.493 e. The smallest absolute Gasteiger partial charge is 0.270 e. The summed E-state index contributed by atoms with van der Waals surface area (Å²) in [5.74, 6) is 1.59. The molecule has 2 aromatic rings. The molecule has 1 N–H and O–H groups in total. The van der Waals surface area contributed by atoms with Crippen molar-refractivity contribution in [2.45, 2.75) is 20.4 Å². The van der Waals surface area contributed by atoms with E-state index in [-0.39, 0.29) is 5.91 Å². The molecule has 0 atom stereocenters. The minimum Gasteiger partial charge on any atom is -0.493 e. The summed E-state index contributed by atoms with van der Waals surface area (Å²) in [5, 5.41) is 2.86. The number of amides is 1. The predicted molar refractivity (Wildman–Crippen MR) is 96.3 cm³/mol. The standard InChI is InChI=1S/C18H24N4O3/c1-5-22(6-2)18-19-10-9-14(21-18)17(23)20-12-13-7-8-15(24-3)16(11-13)25-4/h7-11H,5-6,12H2,1-4H3,(H,20,23). The Morgan fingerprint density at radius 1 is 1.12 bits per heavy atom. The van der Waals surface area contributed by atoms with Crippen LogP contribution in [0.15, 0.2) is 30.5 Å². The molecule has 0 aliphatic carbocycles. The zero-order valence-corrected chi connectivity index (χ0v) is 15.1. The lowest BCUT2D eigenvalue weighted by molar-refractivity contribution is 0.0945. The topological polar surface area (TPSA) is 76.6 Å². The summed E-state index contributed by atoms with van der Waals surface area (Å²) < 4.78 is 10.5. The first-order valence-corrected chi connectivity index (χ1v) is 8.20. The second-order valence-corrected chi connectivity index (χ2v) is 5.29. The fraction of sp³-hybridized carbons (Fsp3) is 0.389.